The summed E-state index contributed by atoms with van der Waals surface area (Å²) < 4.78 is 7.20. The van der Waals surface area contributed by atoms with Gasteiger partial charge in [0.1, 0.15) is 5.69 Å². The van der Waals surface area contributed by atoms with E-state index in [4.69, 9.17) is 4.74 Å². The van der Waals surface area contributed by atoms with Gasteiger partial charge in [0.2, 0.25) is 0 Å². The molecule has 0 fully saturated rings. The first-order valence-corrected chi connectivity index (χ1v) is 6.89. The summed E-state index contributed by atoms with van der Waals surface area (Å²) in [5, 5.41) is 16.6. The van der Waals surface area contributed by atoms with Gasteiger partial charge in [0.25, 0.3) is 5.91 Å². The molecule has 6 heteroatoms. The first-order chi connectivity index (χ1) is 9.31. The van der Waals surface area contributed by atoms with Crippen molar-refractivity contribution in [1.82, 2.24) is 15.1 Å². The smallest absolute Gasteiger partial charge is 0.258 e. The third kappa shape index (κ3) is 4.85. The Kier molecular flexibility index (Phi) is 6.01. The topological polar surface area (TPSA) is 76.4 Å². The number of amides is 1. The lowest BCUT2D eigenvalue weighted by atomic mass is 10.1. The van der Waals surface area contributed by atoms with E-state index in [2.05, 4.69) is 10.4 Å². The molecule has 1 heterocycles. The molecule has 0 spiro atoms. The third-order valence-electron chi connectivity index (χ3n) is 3.07. The lowest BCUT2D eigenvalue weighted by molar-refractivity contribution is -0.123. The van der Waals surface area contributed by atoms with Crippen LogP contribution < -0.4 is 10.1 Å². The average molecular weight is 283 g/mol. The maximum atomic E-state index is 11.7. The monoisotopic (exact) mass is 283 g/mol. The molecule has 114 valence electrons. The standard InChI is InChI=1S/C14H25N3O3/c1-9(2)6-12(18)7-15-13(19)8-20-14-10(3)16-17(5)11(14)4/h9,12,18H,6-8H2,1-5H3,(H,15,19). The second kappa shape index (κ2) is 7.28. The SMILES string of the molecule is Cc1nn(C)c(C)c1OCC(=O)NCC(O)CC(C)C. The van der Waals surface area contributed by atoms with Gasteiger partial charge in [0.05, 0.1) is 11.8 Å². The minimum atomic E-state index is -0.513. The number of aliphatic hydroxyl groups is 1. The van der Waals surface area contributed by atoms with Crippen molar-refractivity contribution in [2.75, 3.05) is 13.2 Å². The van der Waals surface area contributed by atoms with Gasteiger partial charge < -0.3 is 15.2 Å². The minimum absolute atomic E-state index is 0.0677. The fourth-order valence-electron chi connectivity index (χ4n) is 2.01. The molecule has 0 saturated heterocycles. The van der Waals surface area contributed by atoms with Gasteiger partial charge in [0.15, 0.2) is 12.4 Å². The molecule has 6 nitrogen and oxygen atoms in total. The Hall–Kier alpha value is -1.56. The van der Waals surface area contributed by atoms with Crippen molar-refractivity contribution in [3.63, 3.8) is 0 Å². The summed E-state index contributed by atoms with van der Waals surface area (Å²) in [5.74, 6) is 0.805. The van der Waals surface area contributed by atoms with E-state index < -0.39 is 6.10 Å². The number of hydrogen-bond donors (Lipinski definition) is 2. The zero-order valence-electron chi connectivity index (χ0n) is 12.9. The number of carbonyl (C=O) groups excluding carboxylic acids is 1. The highest BCUT2D eigenvalue weighted by Gasteiger charge is 2.13. The zero-order chi connectivity index (χ0) is 15.3. The molecule has 1 atom stereocenters. The van der Waals surface area contributed by atoms with Crippen LogP contribution in [0.25, 0.3) is 0 Å². The van der Waals surface area contributed by atoms with Crippen LogP contribution in [0.5, 0.6) is 5.75 Å². The second-order valence-corrected chi connectivity index (χ2v) is 5.50. The van der Waals surface area contributed by atoms with Crippen molar-refractivity contribution >= 4 is 5.91 Å². The van der Waals surface area contributed by atoms with Gasteiger partial charge in [0, 0.05) is 13.6 Å². The van der Waals surface area contributed by atoms with Gasteiger partial charge in [-0.15, -0.1) is 0 Å². The van der Waals surface area contributed by atoms with E-state index in [0.717, 1.165) is 11.4 Å². The molecule has 1 unspecified atom stereocenters. The summed E-state index contributed by atoms with van der Waals surface area (Å²) in [4.78, 5) is 11.7. The van der Waals surface area contributed by atoms with E-state index in [1.165, 1.54) is 0 Å². The maximum absolute atomic E-state index is 11.7. The molecule has 1 aromatic heterocycles. The number of nitrogens with zero attached hydrogens (tertiary/aromatic N) is 2. The van der Waals surface area contributed by atoms with Crippen molar-refractivity contribution in [2.24, 2.45) is 13.0 Å². The Labute approximate surface area is 120 Å². The molecule has 0 bridgehead atoms. The molecule has 0 aromatic carbocycles. The number of nitrogens with one attached hydrogen (secondary N) is 1. The lowest BCUT2D eigenvalue weighted by Crippen LogP contribution is -2.35. The molecule has 1 amide bonds. The van der Waals surface area contributed by atoms with Crippen LogP contribution in [0.15, 0.2) is 0 Å². The second-order valence-electron chi connectivity index (χ2n) is 5.50. The van der Waals surface area contributed by atoms with Crippen LogP contribution >= 0.6 is 0 Å². The van der Waals surface area contributed by atoms with Gasteiger partial charge in [-0.3, -0.25) is 9.48 Å². The Bertz CT molecular complexity index is 455. The zero-order valence-corrected chi connectivity index (χ0v) is 12.9. The number of carbonyl (C=O) groups is 1. The molecule has 20 heavy (non-hydrogen) atoms. The molecule has 0 aliphatic rings. The van der Waals surface area contributed by atoms with Crippen LogP contribution in [-0.2, 0) is 11.8 Å². The number of aryl methyl sites for hydroxylation is 2. The quantitative estimate of drug-likeness (QED) is 0.781. The molecule has 2 N–H and O–H groups in total. The molecule has 1 aromatic rings. The van der Waals surface area contributed by atoms with Gasteiger partial charge in [-0.1, -0.05) is 13.8 Å². The lowest BCUT2D eigenvalue weighted by Gasteiger charge is -2.14. The Morgan fingerprint density at radius 3 is 2.60 bits per heavy atom. The number of rotatable bonds is 7. The van der Waals surface area contributed by atoms with Gasteiger partial charge >= 0.3 is 0 Å². The highest BCUT2D eigenvalue weighted by Crippen LogP contribution is 2.20. The Morgan fingerprint density at radius 2 is 2.10 bits per heavy atom. The minimum Gasteiger partial charge on any atom is -0.480 e. The van der Waals surface area contributed by atoms with Crippen LogP contribution in [0.1, 0.15) is 31.7 Å². The fraction of sp³-hybridized carbons (Fsp3) is 0.714. The number of aliphatic hydroxyl groups excluding tert-OH is 1. The molecule has 0 aliphatic heterocycles. The van der Waals surface area contributed by atoms with E-state index in [1.807, 2.05) is 34.7 Å². The summed E-state index contributed by atoms with van der Waals surface area (Å²) >= 11 is 0. The van der Waals surface area contributed by atoms with E-state index >= 15 is 0 Å². The first kappa shape index (κ1) is 16.5. The van der Waals surface area contributed by atoms with Crippen molar-refractivity contribution in [3.8, 4) is 5.75 Å². The van der Waals surface area contributed by atoms with E-state index in [-0.39, 0.29) is 19.1 Å². The predicted octanol–water partition coefficient (Wildman–Crippen LogP) is 0.939. The predicted molar refractivity (Wildman–Crippen MR) is 76.6 cm³/mol. The van der Waals surface area contributed by atoms with Gasteiger partial charge in [-0.2, -0.15) is 5.10 Å². The van der Waals surface area contributed by atoms with Crippen molar-refractivity contribution in [1.29, 1.82) is 0 Å². The summed E-state index contributed by atoms with van der Waals surface area (Å²) in [5.41, 5.74) is 1.65. The summed E-state index contributed by atoms with van der Waals surface area (Å²) in [6.07, 6.45) is 0.155. The number of aromatic nitrogens is 2. The summed E-state index contributed by atoms with van der Waals surface area (Å²) in [7, 11) is 1.83. The van der Waals surface area contributed by atoms with Crippen LogP contribution in [-0.4, -0.2) is 40.0 Å². The fourth-order valence-corrected chi connectivity index (χ4v) is 2.01. The first-order valence-electron chi connectivity index (χ1n) is 6.89. The highest BCUT2D eigenvalue weighted by molar-refractivity contribution is 5.77. The molecular formula is C14H25N3O3. The van der Waals surface area contributed by atoms with Crippen molar-refractivity contribution in [3.05, 3.63) is 11.4 Å². The molecule has 0 saturated carbocycles. The summed E-state index contributed by atoms with van der Waals surface area (Å²) in [6.45, 7) is 7.98. The van der Waals surface area contributed by atoms with Crippen LogP contribution in [0.4, 0.5) is 0 Å². The molecule has 1 rings (SSSR count). The number of hydrogen-bond acceptors (Lipinski definition) is 4. The average Bonchev–Trinajstić information content (AvgIpc) is 2.58. The van der Waals surface area contributed by atoms with E-state index in [0.29, 0.717) is 18.1 Å². The van der Waals surface area contributed by atoms with Crippen molar-refractivity contribution < 1.29 is 14.6 Å². The molecular weight excluding hydrogens is 258 g/mol. The number of ether oxygens (including phenoxy) is 1. The maximum Gasteiger partial charge on any atom is 0.258 e. The molecule has 0 radical (unpaired) electrons. The molecule has 0 aliphatic carbocycles. The van der Waals surface area contributed by atoms with Crippen molar-refractivity contribution in [2.45, 2.75) is 40.2 Å². The van der Waals surface area contributed by atoms with Crippen LogP contribution in [0, 0.1) is 19.8 Å². The van der Waals surface area contributed by atoms with Crippen LogP contribution in [0.3, 0.4) is 0 Å². The van der Waals surface area contributed by atoms with Gasteiger partial charge in [-0.25, -0.2) is 0 Å². The Morgan fingerprint density at radius 1 is 1.45 bits per heavy atom. The highest BCUT2D eigenvalue weighted by atomic mass is 16.5. The largest absolute Gasteiger partial charge is 0.480 e. The summed E-state index contributed by atoms with van der Waals surface area (Å²) in [6, 6.07) is 0. The van der Waals surface area contributed by atoms with E-state index in [1.54, 1.807) is 4.68 Å². The Balaban J connectivity index is 2.36. The van der Waals surface area contributed by atoms with Crippen LogP contribution in [0.2, 0.25) is 0 Å². The normalized spacial score (nSPS) is 12.6. The van der Waals surface area contributed by atoms with Gasteiger partial charge in [-0.05, 0) is 26.2 Å². The van der Waals surface area contributed by atoms with E-state index in [9.17, 15) is 9.90 Å². The third-order valence-corrected chi connectivity index (χ3v) is 3.07.